The van der Waals surface area contributed by atoms with Crippen LogP contribution in [0.25, 0.3) is 0 Å². The smallest absolute Gasteiger partial charge is 0.304 e. The van der Waals surface area contributed by atoms with Crippen molar-refractivity contribution in [2.45, 2.75) is 19.4 Å². The van der Waals surface area contributed by atoms with E-state index in [1.165, 1.54) is 0 Å². The van der Waals surface area contributed by atoms with Crippen molar-refractivity contribution in [2.24, 2.45) is 0 Å². The first-order chi connectivity index (χ1) is 11.0. The highest BCUT2D eigenvalue weighted by molar-refractivity contribution is 5.66. The number of methoxy groups -OCH3 is 2. The molecule has 1 saturated heterocycles. The van der Waals surface area contributed by atoms with Crippen LogP contribution in [0.2, 0.25) is 0 Å². The predicted octanol–water partition coefficient (Wildman–Crippen LogP) is 1.86. The maximum atomic E-state index is 10.7. The van der Waals surface area contributed by atoms with Crippen molar-refractivity contribution in [1.82, 2.24) is 9.80 Å². The molecule has 0 amide bonds. The average molecular weight is 322 g/mol. The van der Waals surface area contributed by atoms with E-state index in [1.54, 1.807) is 14.2 Å². The standard InChI is InChI=1S/C17H26N2O4/c1-13(15-5-4-14(22-2)12-16(15)23-3)19-10-8-18(9-11-19)7-6-17(20)21/h4-5,12-13H,6-11H2,1-3H3,(H,20,21). The quantitative estimate of drug-likeness (QED) is 0.827. The predicted molar refractivity (Wildman–Crippen MR) is 88.2 cm³/mol. The maximum absolute atomic E-state index is 10.7. The number of carbonyl (C=O) groups is 1. The van der Waals surface area contributed by atoms with E-state index in [0.29, 0.717) is 6.54 Å². The van der Waals surface area contributed by atoms with Crippen molar-refractivity contribution in [3.63, 3.8) is 0 Å². The van der Waals surface area contributed by atoms with Crippen LogP contribution in [0.5, 0.6) is 11.5 Å². The minimum atomic E-state index is -0.733. The Morgan fingerprint density at radius 1 is 1.22 bits per heavy atom. The lowest BCUT2D eigenvalue weighted by atomic mass is 10.0. The van der Waals surface area contributed by atoms with Crippen molar-refractivity contribution < 1.29 is 19.4 Å². The van der Waals surface area contributed by atoms with Crippen molar-refractivity contribution in [3.8, 4) is 11.5 Å². The zero-order chi connectivity index (χ0) is 16.8. The van der Waals surface area contributed by atoms with Gasteiger partial charge in [-0.05, 0) is 13.0 Å². The van der Waals surface area contributed by atoms with E-state index >= 15 is 0 Å². The molecule has 1 heterocycles. The number of nitrogens with zero attached hydrogens (tertiary/aromatic N) is 2. The SMILES string of the molecule is COc1ccc(C(C)N2CCN(CCC(=O)O)CC2)c(OC)c1. The van der Waals surface area contributed by atoms with Gasteiger partial charge in [0.15, 0.2) is 0 Å². The summed E-state index contributed by atoms with van der Waals surface area (Å²) in [5, 5.41) is 8.77. The Kier molecular flexibility index (Phi) is 6.24. The highest BCUT2D eigenvalue weighted by atomic mass is 16.5. The Hall–Kier alpha value is -1.79. The molecule has 0 saturated carbocycles. The van der Waals surface area contributed by atoms with Gasteiger partial charge in [-0.2, -0.15) is 0 Å². The number of aliphatic carboxylic acids is 1. The fourth-order valence-electron chi connectivity index (χ4n) is 2.99. The lowest BCUT2D eigenvalue weighted by Crippen LogP contribution is -2.47. The van der Waals surface area contributed by atoms with Gasteiger partial charge in [-0.15, -0.1) is 0 Å². The third-order valence-corrected chi connectivity index (χ3v) is 4.49. The Morgan fingerprint density at radius 2 is 1.91 bits per heavy atom. The normalized spacial score (nSPS) is 17.7. The number of ether oxygens (including phenoxy) is 2. The van der Waals surface area contributed by atoms with E-state index in [0.717, 1.165) is 43.2 Å². The van der Waals surface area contributed by atoms with E-state index in [1.807, 2.05) is 12.1 Å². The molecule has 0 bridgehead atoms. The third kappa shape index (κ3) is 4.59. The van der Waals surface area contributed by atoms with Gasteiger partial charge < -0.3 is 19.5 Å². The lowest BCUT2D eigenvalue weighted by molar-refractivity contribution is -0.137. The van der Waals surface area contributed by atoms with Gasteiger partial charge in [-0.25, -0.2) is 0 Å². The van der Waals surface area contributed by atoms with Crippen molar-refractivity contribution in [2.75, 3.05) is 46.9 Å². The number of piperazine rings is 1. The molecule has 1 fully saturated rings. The van der Waals surface area contributed by atoms with Gasteiger partial charge in [-0.1, -0.05) is 6.07 Å². The van der Waals surface area contributed by atoms with Crippen LogP contribution in [-0.4, -0.2) is 67.8 Å². The van der Waals surface area contributed by atoms with Crippen LogP contribution in [0.4, 0.5) is 0 Å². The van der Waals surface area contributed by atoms with E-state index in [2.05, 4.69) is 22.8 Å². The molecule has 6 nitrogen and oxygen atoms in total. The Morgan fingerprint density at radius 3 is 2.48 bits per heavy atom. The van der Waals surface area contributed by atoms with Gasteiger partial charge in [0.1, 0.15) is 11.5 Å². The molecule has 1 aliphatic rings. The lowest BCUT2D eigenvalue weighted by Gasteiger charge is -2.38. The van der Waals surface area contributed by atoms with E-state index in [-0.39, 0.29) is 12.5 Å². The first kappa shape index (κ1) is 17.6. The van der Waals surface area contributed by atoms with Crippen LogP contribution in [0, 0.1) is 0 Å². The van der Waals surface area contributed by atoms with E-state index in [9.17, 15) is 4.79 Å². The molecule has 0 aliphatic carbocycles. The van der Waals surface area contributed by atoms with Crippen LogP contribution >= 0.6 is 0 Å². The van der Waals surface area contributed by atoms with Crippen LogP contribution in [-0.2, 0) is 4.79 Å². The first-order valence-electron chi connectivity index (χ1n) is 7.95. The fourth-order valence-corrected chi connectivity index (χ4v) is 2.99. The second-order valence-electron chi connectivity index (χ2n) is 5.81. The summed E-state index contributed by atoms with van der Waals surface area (Å²) < 4.78 is 10.8. The second-order valence-corrected chi connectivity index (χ2v) is 5.81. The molecule has 23 heavy (non-hydrogen) atoms. The van der Waals surface area contributed by atoms with Gasteiger partial charge in [0, 0.05) is 50.4 Å². The molecular weight excluding hydrogens is 296 g/mol. The van der Waals surface area contributed by atoms with Gasteiger partial charge in [0.2, 0.25) is 0 Å². The van der Waals surface area contributed by atoms with Crippen LogP contribution < -0.4 is 9.47 Å². The molecule has 1 aromatic carbocycles. The van der Waals surface area contributed by atoms with Gasteiger partial charge in [0.05, 0.1) is 20.6 Å². The van der Waals surface area contributed by atoms with Crippen LogP contribution in [0.1, 0.15) is 24.9 Å². The number of carboxylic acids is 1. The molecule has 6 heteroatoms. The summed E-state index contributed by atoms with van der Waals surface area (Å²) in [4.78, 5) is 15.3. The molecule has 0 spiro atoms. The Balaban J connectivity index is 1.97. The molecule has 128 valence electrons. The number of carboxylic acid groups (broad SMARTS) is 1. The summed E-state index contributed by atoms with van der Waals surface area (Å²) in [6, 6.07) is 6.17. The summed E-state index contributed by atoms with van der Waals surface area (Å²) in [6.45, 7) is 6.46. The monoisotopic (exact) mass is 322 g/mol. The summed E-state index contributed by atoms with van der Waals surface area (Å²) >= 11 is 0. The summed E-state index contributed by atoms with van der Waals surface area (Å²) in [7, 11) is 3.32. The molecule has 2 rings (SSSR count). The zero-order valence-corrected chi connectivity index (χ0v) is 14.1. The topological polar surface area (TPSA) is 62.2 Å². The highest BCUT2D eigenvalue weighted by Gasteiger charge is 2.24. The van der Waals surface area contributed by atoms with Crippen LogP contribution in [0.3, 0.4) is 0 Å². The number of benzene rings is 1. The zero-order valence-electron chi connectivity index (χ0n) is 14.1. The minimum absolute atomic E-state index is 0.210. The van der Waals surface area contributed by atoms with Gasteiger partial charge >= 0.3 is 5.97 Å². The second kappa shape index (κ2) is 8.17. The number of hydrogen-bond donors (Lipinski definition) is 1. The highest BCUT2D eigenvalue weighted by Crippen LogP contribution is 2.32. The van der Waals surface area contributed by atoms with Crippen molar-refractivity contribution in [3.05, 3.63) is 23.8 Å². The Bertz CT molecular complexity index is 527. The molecule has 1 atom stereocenters. The van der Waals surface area contributed by atoms with Gasteiger partial charge in [-0.3, -0.25) is 9.69 Å². The van der Waals surface area contributed by atoms with Crippen LogP contribution in [0.15, 0.2) is 18.2 Å². The van der Waals surface area contributed by atoms with E-state index < -0.39 is 5.97 Å². The molecule has 0 aromatic heterocycles. The van der Waals surface area contributed by atoms with Crippen molar-refractivity contribution >= 4 is 5.97 Å². The molecule has 0 radical (unpaired) electrons. The average Bonchev–Trinajstić information content (AvgIpc) is 2.59. The number of rotatable bonds is 7. The molecule has 1 aromatic rings. The largest absolute Gasteiger partial charge is 0.497 e. The fraction of sp³-hybridized carbons (Fsp3) is 0.588. The number of hydrogen-bond acceptors (Lipinski definition) is 5. The Labute approximate surface area is 137 Å². The third-order valence-electron chi connectivity index (χ3n) is 4.49. The first-order valence-corrected chi connectivity index (χ1v) is 7.95. The minimum Gasteiger partial charge on any atom is -0.497 e. The van der Waals surface area contributed by atoms with Gasteiger partial charge in [0.25, 0.3) is 0 Å². The molecule has 1 N–H and O–H groups in total. The molecular formula is C17H26N2O4. The summed E-state index contributed by atoms with van der Waals surface area (Å²) in [6.07, 6.45) is 0.210. The van der Waals surface area contributed by atoms with E-state index in [4.69, 9.17) is 14.6 Å². The summed E-state index contributed by atoms with van der Waals surface area (Å²) in [5.41, 5.74) is 1.15. The van der Waals surface area contributed by atoms with Crippen molar-refractivity contribution in [1.29, 1.82) is 0 Å². The summed E-state index contributed by atoms with van der Waals surface area (Å²) in [5.74, 6) is 0.894. The molecule has 1 aliphatic heterocycles. The maximum Gasteiger partial charge on any atom is 0.304 e. The molecule has 1 unspecified atom stereocenters.